The third-order valence-electron chi connectivity index (χ3n) is 2.01. The molecule has 0 unspecified atom stereocenters. The number of fused-ring (bicyclic) bond motifs is 1. The van der Waals surface area contributed by atoms with Crippen LogP contribution in [0.3, 0.4) is 0 Å². The highest BCUT2D eigenvalue weighted by atomic mass is 35.5. The fourth-order valence-electron chi connectivity index (χ4n) is 1.42. The topological polar surface area (TPSA) is 12.5 Å². The summed E-state index contributed by atoms with van der Waals surface area (Å²) in [5.41, 5.74) is 0.389. The molecule has 0 saturated carbocycles. The summed E-state index contributed by atoms with van der Waals surface area (Å²) < 4.78 is 41.6. The van der Waals surface area contributed by atoms with Crippen LogP contribution in [0.2, 0.25) is 5.02 Å². The molecule has 0 bridgehead atoms. The van der Waals surface area contributed by atoms with Crippen LogP contribution in [0.1, 0.15) is 0 Å². The van der Waals surface area contributed by atoms with Gasteiger partial charge in [-0.05, 0) is 18.2 Å². The molecule has 0 spiro atoms. The van der Waals surface area contributed by atoms with Crippen LogP contribution in [-0.4, -0.2) is 19.5 Å². The third-order valence-corrected chi connectivity index (χ3v) is 2.24. The molecule has 1 aromatic carbocycles. The predicted molar refractivity (Wildman–Crippen MR) is 50.3 cm³/mol. The first-order valence-electron chi connectivity index (χ1n) is 4.20. The van der Waals surface area contributed by atoms with E-state index < -0.39 is 12.7 Å². The zero-order valence-electron chi connectivity index (χ0n) is 7.51. The lowest BCUT2D eigenvalue weighted by atomic mass is 10.3. The molecule has 82 valence electrons. The Morgan fingerprint density at radius 2 is 2.13 bits per heavy atom. The van der Waals surface area contributed by atoms with E-state index in [0.29, 0.717) is 16.5 Å². The summed E-state index contributed by atoms with van der Waals surface area (Å²) in [6, 6.07) is 4.61. The smallest absolute Gasteiger partial charge is 0.406 e. The predicted octanol–water partition coefficient (Wildman–Crippen LogP) is 3.06. The maximum absolute atomic E-state index is 12.2. The maximum atomic E-state index is 12.2. The molecule has 0 radical (unpaired) electrons. The van der Waals surface area contributed by atoms with Crippen LogP contribution < -0.4 is 9.64 Å². The van der Waals surface area contributed by atoms with Gasteiger partial charge in [-0.25, -0.2) is 0 Å². The molecule has 0 aromatic heterocycles. The van der Waals surface area contributed by atoms with Gasteiger partial charge < -0.3 is 9.64 Å². The highest BCUT2D eigenvalue weighted by Gasteiger charge is 2.34. The molecular weight excluding hydrogens is 231 g/mol. The summed E-state index contributed by atoms with van der Waals surface area (Å²) in [4.78, 5) is 1.10. The van der Waals surface area contributed by atoms with E-state index in [1.165, 1.54) is 6.07 Å². The summed E-state index contributed by atoms with van der Waals surface area (Å²) in [6.07, 6.45) is -4.24. The van der Waals surface area contributed by atoms with Crippen molar-refractivity contribution in [3.8, 4) is 5.75 Å². The molecule has 0 amide bonds. The lowest BCUT2D eigenvalue weighted by Crippen LogP contribution is -2.33. The molecule has 1 aliphatic rings. The number of nitrogens with zero attached hydrogens (tertiary/aromatic N) is 1. The van der Waals surface area contributed by atoms with Gasteiger partial charge in [-0.3, -0.25) is 0 Å². The second-order valence-electron chi connectivity index (χ2n) is 3.20. The first-order valence-corrected chi connectivity index (χ1v) is 4.57. The number of halogens is 4. The van der Waals surface area contributed by atoms with Crippen LogP contribution in [0.25, 0.3) is 0 Å². The molecule has 1 heterocycles. The third kappa shape index (κ3) is 2.28. The molecule has 1 aliphatic heterocycles. The van der Waals surface area contributed by atoms with Crippen LogP contribution in [0.4, 0.5) is 18.9 Å². The number of rotatable bonds is 1. The van der Waals surface area contributed by atoms with Gasteiger partial charge in [-0.1, -0.05) is 11.6 Å². The van der Waals surface area contributed by atoms with Crippen molar-refractivity contribution in [2.45, 2.75) is 6.18 Å². The van der Waals surface area contributed by atoms with Gasteiger partial charge in [0.2, 0.25) is 0 Å². The van der Waals surface area contributed by atoms with Crippen LogP contribution in [-0.2, 0) is 0 Å². The van der Waals surface area contributed by atoms with Crippen molar-refractivity contribution in [1.29, 1.82) is 0 Å². The standard InChI is InChI=1S/C9H7ClF3NO/c10-6-1-2-8-7(3-6)14(5-15-8)4-9(11,12)13/h1-3H,4-5H2. The van der Waals surface area contributed by atoms with Gasteiger partial charge >= 0.3 is 6.18 Å². The van der Waals surface area contributed by atoms with E-state index in [2.05, 4.69) is 0 Å². The number of ether oxygens (including phenoxy) is 1. The summed E-state index contributed by atoms with van der Waals surface area (Å²) >= 11 is 5.70. The first-order chi connectivity index (χ1) is 6.96. The number of hydrogen-bond acceptors (Lipinski definition) is 2. The molecule has 6 heteroatoms. The Hall–Kier alpha value is -1.10. The van der Waals surface area contributed by atoms with E-state index in [0.717, 1.165) is 4.90 Å². The minimum atomic E-state index is -4.24. The molecule has 0 atom stereocenters. The van der Waals surface area contributed by atoms with Gasteiger partial charge in [-0.15, -0.1) is 0 Å². The number of hydrogen-bond donors (Lipinski definition) is 0. The Morgan fingerprint density at radius 3 is 2.80 bits per heavy atom. The Morgan fingerprint density at radius 1 is 1.40 bits per heavy atom. The van der Waals surface area contributed by atoms with Crippen LogP contribution >= 0.6 is 11.6 Å². The van der Waals surface area contributed by atoms with Gasteiger partial charge in [0, 0.05) is 5.02 Å². The van der Waals surface area contributed by atoms with Crippen molar-refractivity contribution in [2.75, 3.05) is 18.2 Å². The SMILES string of the molecule is FC(F)(F)CN1COc2ccc(Cl)cc21. The first kappa shape index (κ1) is 10.4. The second-order valence-corrected chi connectivity index (χ2v) is 3.64. The van der Waals surface area contributed by atoms with Crippen molar-refractivity contribution in [1.82, 2.24) is 0 Å². The highest BCUT2D eigenvalue weighted by Crippen LogP contribution is 2.37. The van der Waals surface area contributed by atoms with Crippen LogP contribution in [0, 0.1) is 0 Å². The Labute approximate surface area is 89.2 Å². The van der Waals surface area contributed by atoms with E-state index in [-0.39, 0.29) is 6.73 Å². The molecular formula is C9H7ClF3NO. The zero-order chi connectivity index (χ0) is 11.1. The summed E-state index contributed by atoms with van der Waals surface area (Å²) in [6.45, 7) is -1.12. The highest BCUT2D eigenvalue weighted by molar-refractivity contribution is 6.31. The minimum absolute atomic E-state index is 0.0881. The van der Waals surface area contributed by atoms with Crippen LogP contribution in [0.15, 0.2) is 18.2 Å². The fraction of sp³-hybridized carbons (Fsp3) is 0.333. The summed E-state index contributed by atoms with van der Waals surface area (Å²) in [5.74, 6) is 0.434. The van der Waals surface area contributed by atoms with E-state index in [1.807, 2.05) is 0 Å². The van der Waals surface area contributed by atoms with Crippen molar-refractivity contribution >= 4 is 17.3 Å². The zero-order valence-corrected chi connectivity index (χ0v) is 8.27. The summed E-state index contributed by atoms with van der Waals surface area (Å²) in [7, 11) is 0. The molecule has 0 aliphatic carbocycles. The molecule has 2 rings (SSSR count). The molecule has 2 nitrogen and oxygen atoms in total. The number of anilines is 1. The average molecular weight is 238 g/mol. The van der Waals surface area contributed by atoms with Gasteiger partial charge in [0.1, 0.15) is 12.3 Å². The van der Waals surface area contributed by atoms with Gasteiger partial charge in [-0.2, -0.15) is 13.2 Å². The van der Waals surface area contributed by atoms with E-state index >= 15 is 0 Å². The van der Waals surface area contributed by atoms with E-state index in [9.17, 15) is 13.2 Å². The molecule has 1 aromatic rings. The number of benzene rings is 1. The van der Waals surface area contributed by atoms with Crippen molar-refractivity contribution in [3.05, 3.63) is 23.2 Å². The van der Waals surface area contributed by atoms with Crippen molar-refractivity contribution in [3.63, 3.8) is 0 Å². The molecule has 0 fully saturated rings. The van der Waals surface area contributed by atoms with Gasteiger partial charge in [0.15, 0.2) is 6.73 Å². The Balaban J connectivity index is 2.24. The Kier molecular flexibility index (Phi) is 2.42. The maximum Gasteiger partial charge on any atom is 0.406 e. The molecule has 0 N–H and O–H groups in total. The normalized spacial score (nSPS) is 15.1. The fourth-order valence-corrected chi connectivity index (χ4v) is 1.59. The van der Waals surface area contributed by atoms with Crippen LogP contribution in [0.5, 0.6) is 5.75 Å². The average Bonchev–Trinajstić information content (AvgIpc) is 2.46. The summed E-state index contributed by atoms with van der Waals surface area (Å²) in [5, 5.41) is 0.395. The van der Waals surface area contributed by atoms with Crippen molar-refractivity contribution in [2.24, 2.45) is 0 Å². The van der Waals surface area contributed by atoms with Crippen molar-refractivity contribution < 1.29 is 17.9 Å². The second kappa shape index (κ2) is 3.48. The number of alkyl halides is 3. The lowest BCUT2D eigenvalue weighted by molar-refractivity contribution is -0.120. The van der Waals surface area contributed by atoms with E-state index in [1.54, 1.807) is 12.1 Å². The minimum Gasteiger partial charge on any atom is -0.471 e. The largest absolute Gasteiger partial charge is 0.471 e. The molecule has 0 saturated heterocycles. The Bertz CT molecular complexity index is 380. The lowest BCUT2D eigenvalue weighted by Gasteiger charge is -2.18. The van der Waals surface area contributed by atoms with E-state index in [4.69, 9.17) is 16.3 Å². The quantitative estimate of drug-likeness (QED) is 0.744. The van der Waals surface area contributed by atoms with Gasteiger partial charge in [0.05, 0.1) is 5.69 Å². The molecule has 15 heavy (non-hydrogen) atoms. The monoisotopic (exact) mass is 237 g/mol. The van der Waals surface area contributed by atoms with Gasteiger partial charge in [0.25, 0.3) is 0 Å².